The summed E-state index contributed by atoms with van der Waals surface area (Å²) < 4.78 is 19.4. The Morgan fingerprint density at radius 1 is 0.862 bits per heavy atom. The molecule has 0 heterocycles. The fourth-order valence-corrected chi connectivity index (χ4v) is 3.34. The predicted octanol–water partition coefficient (Wildman–Crippen LogP) is 1.51. The summed E-state index contributed by atoms with van der Waals surface area (Å²) in [6.45, 7) is 1.48. The lowest BCUT2D eigenvalue weighted by Gasteiger charge is -2.32. The normalized spacial score (nSPS) is 12.1. The van der Waals surface area contributed by atoms with Crippen LogP contribution in [0.3, 0.4) is 0 Å². The third kappa shape index (κ3) is 7.17. The van der Waals surface area contributed by atoms with Gasteiger partial charge in [-0.3, -0.25) is 0 Å². The van der Waals surface area contributed by atoms with Crippen LogP contribution >= 0.6 is 0 Å². The molecule has 0 fully saturated rings. The Morgan fingerprint density at radius 2 is 1.45 bits per heavy atom. The topological polar surface area (TPSA) is 29.5 Å². The highest BCUT2D eigenvalue weighted by atomic mass is 35.5. The molecule has 0 saturated heterocycles. The monoisotopic (exact) mass is 415 g/mol. The Hall–Kier alpha value is -2.40. The number of nitrogens with zero attached hydrogens (tertiary/aromatic N) is 1. The minimum atomic E-state index is -0.593. The quantitative estimate of drug-likeness (QED) is 0.565. The van der Waals surface area contributed by atoms with Gasteiger partial charge in [0.2, 0.25) is 0 Å². The fourth-order valence-electron chi connectivity index (χ4n) is 3.34. The number of aliphatic hydroxyl groups excluding tert-OH is 1. The molecular formula is C24H27ClFNO2. The van der Waals surface area contributed by atoms with Crippen molar-refractivity contribution in [3.8, 4) is 16.9 Å². The van der Waals surface area contributed by atoms with E-state index in [2.05, 4.69) is 12.1 Å². The van der Waals surface area contributed by atoms with Crippen LogP contribution in [-0.2, 0) is 6.54 Å². The lowest BCUT2D eigenvalue weighted by Crippen LogP contribution is -3.00. The smallest absolute Gasteiger partial charge is 0.137 e. The van der Waals surface area contributed by atoms with Gasteiger partial charge in [-0.25, -0.2) is 4.39 Å². The molecule has 1 unspecified atom stereocenters. The second-order valence-electron chi connectivity index (χ2n) is 7.76. The maximum atomic E-state index is 13.1. The highest BCUT2D eigenvalue weighted by Crippen LogP contribution is 2.22. The van der Waals surface area contributed by atoms with Crippen LogP contribution in [0.1, 0.15) is 5.56 Å². The molecule has 0 saturated carbocycles. The van der Waals surface area contributed by atoms with Crippen molar-refractivity contribution in [3.05, 3.63) is 90.2 Å². The average Bonchev–Trinajstić information content (AvgIpc) is 2.69. The first-order chi connectivity index (χ1) is 13.4. The van der Waals surface area contributed by atoms with Gasteiger partial charge in [0.1, 0.15) is 37.4 Å². The predicted molar refractivity (Wildman–Crippen MR) is 110 cm³/mol. The molecule has 0 aliphatic carbocycles. The molecule has 154 valence electrons. The first-order valence-corrected chi connectivity index (χ1v) is 9.44. The van der Waals surface area contributed by atoms with E-state index in [0.29, 0.717) is 17.6 Å². The zero-order chi connectivity index (χ0) is 20.0. The van der Waals surface area contributed by atoms with Gasteiger partial charge in [0, 0.05) is 5.56 Å². The van der Waals surface area contributed by atoms with E-state index in [1.54, 1.807) is 12.1 Å². The van der Waals surface area contributed by atoms with Gasteiger partial charge in [-0.05, 0) is 35.4 Å². The SMILES string of the molecule is C[N+](C)(Cc1ccc(F)cc1)CC(O)COc1ccc(-c2ccccc2)cc1.[Cl-]. The summed E-state index contributed by atoms with van der Waals surface area (Å²) in [7, 11) is 4.09. The number of rotatable bonds is 8. The van der Waals surface area contributed by atoms with E-state index in [0.717, 1.165) is 22.4 Å². The Labute approximate surface area is 178 Å². The molecule has 0 radical (unpaired) electrons. The molecule has 0 amide bonds. The Balaban J connectivity index is 0.00000300. The molecule has 0 aliphatic rings. The minimum Gasteiger partial charge on any atom is -1.00 e. The van der Waals surface area contributed by atoms with Crippen LogP contribution in [0, 0.1) is 5.82 Å². The molecular weight excluding hydrogens is 389 g/mol. The zero-order valence-electron chi connectivity index (χ0n) is 16.8. The molecule has 1 N–H and O–H groups in total. The molecule has 0 bridgehead atoms. The molecule has 0 aromatic heterocycles. The summed E-state index contributed by atoms with van der Waals surface area (Å²) in [5, 5.41) is 10.4. The van der Waals surface area contributed by atoms with Gasteiger partial charge in [-0.2, -0.15) is 0 Å². The van der Waals surface area contributed by atoms with Crippen molar-refractivity contribution >= 4 is 0 Å². The second-order valence-corrected chi connectivity index (χ2v) is 7.76. The summed E-state index contributed by atoms with van der Waals surface area (Å²) in [5.41, 5.74) is 3.33. The summed E-state index contributed by atoms with van der Waals surface area (Å²) >= 11 is 0. The highest BCUT2D eigenvalue weighted by molar-refractivity contribution is 5.63. The van der Waals surface area contributed by atoms with Crippen LogP contribution in [0.4, 0.5) is 4.39 Å². The van der Waals surface area contributed by atoms with Gasteiger partial charge in [0.25, 0.3) is 0 Å². The van der Waals surface area contributed by atoms with Crippen molar-refractivity contribution in [2.24, 2.45) is 0 Å². The van der Waals surface area contributed by atoms with Crippen LogP contribution in [-0.4, -0.2) is 42.9 Å². The van der Waals surface area contributed by atoms with Crippen LogP contribution in [0.2, 0.25) is 0 Å². The number of likely N-dealkylation sites (N-methyl/N-ethyl adjacent to an activating group) is 1. The van der Waals surface area contributed by atoms with Gasteiger partial charge < -0.3 is 26.7 Å². The maximum absolute atomic E-state index is 13.1. The summed E-state index contributed by atoms with van der Waals surface area (Å²) in [5.74, 6) is 0.503. The van der Waals surface area contributed by atoms with E-state index in [1.807, 2.05) is 56.6 Å². The Morgan fingerprint density at radius 3 is 2.07 bits per heavy atom. The van der Waals surface area contributed by atoms with E-state index >= 15 is 0 Å². The van der Waals surface area contributed by atoms with Crippen molar-refractivity contribution in [2.75, 3.05) is 27.2 Å². The standard InChI is InChI=1S/C24H27FNO2.ClH/c1-26(2,16-19-8-12-22(25)13-9-19)17-23(27)18-28-24-14-10-21(11-15-24)20-6-4-3-5-7-20;/h3-15,23,27H,16-18H2,1-2H3;1H/q+1;/p-1. The number of hydrogen-bond acceptors (Lipinski definition) is 2. The van der Waals surface area contributed by atoms with Crippen LogP contribution in [0.25, 0.3) is 11.1 Å². The third-order valence-electron chi connectivity index (χ3n) is 4.63. The van der Waals surface area contributed by atoms with Crippen LogP contribution in [0.15, 0.2) is 78.9 Å². The van der Waals surface area contributed by atoms with Gasteiger partial charge in [0.15, 0.2) is 0 Å². The number of halogens is 2. The van der Waals surface area contributed by atoms with Crippen LogP contribution in [0.5, 0.6) is 5.75 Å². The molecule has 29 heavy (non-hydrogen) atoms. The largest absolute Gasteiger partial charge is 1.00 e. The van der Waals surface area contributed by atoms with Crippen molar-refractivity contribution < 1.29 is 31.1 Å². The molecule has 0 spiro atoms. The lowest BCUT2D eigenvalue weighted by atomic mass is 10.1. The molecule has 3 aromatic rings. The number of ether oxygens (including phenoxy) is 1. The lowest BCUT2D eigenvalue weighted by molar-refractivity contribution is -0.906. The van der Waals surface area contributed by atoms with Crippen molar-refractivity contribution in [1.29, 1.82) is 0 Å². The van der Waals surface area contributed by atoms with Crippen molar-refractivity contribution in [1.82, 2.24) is 0 Å². The van der Waals surface area contributed by atoms with Crippen molar-refractivity contribution in [2.45, 2.75) is 12.6 Å². The van der Waals surface area contributed by atoms with Gasteiger partial charge >= 0.3 is 0 Å². The molecule has 0 aliphatic heterocycles. The minimum absolute atomic E-state index is 0. The van der Waals surface area contributed by atoms with E-state index in [4.69, 9.17) is 4.74 Å². The van der Waals surface area contributed by atoms with Crippen LogP contribution < -0.4 is 17.1 Å². The second kappa shape index (κ2) is 10.4. The summed E-state index contributed by atoms with van der Waals surface area (Å²) in [6, 6.07) is 24.6. The molecule has 5 heteroatoms. The van der Waals surface area contributed by atoms with E-state index in [1.165, 1.54) is 12.1 Å². The molecule has 1 atom stereocenters. The number of aliphatic hydroxyl groups is 1. The third-order valence-corrected chi connectivity index (χ3v) is 4.63. The van der Waals surface area contributed by atoms with Gasteiger partial charge in [0.05, 0.1) is 14.1 Å². The summed E-state index contributed by atoms with van der Waals surface area (Å²) in [6.07, 6.45) is -0.593. The molecule has 3 rings (SSSR count). The summed E-state index contributed by atoms with van der Waals surface area (Å²) in [4.78, 5) is 0. The Bertz CT molecular complexity index is 868. The fraction of sp³-hybridized carbons (Fsp3) is 0.250. The van der Waals surface area contributed by atoms with E-state index in [-0.39, 0.29) is 24.8 Å². The highest BCUT2D eigenvalue weighted by Gasteiger charge is 2.21. The zero-order valence-corrected chi connectivity index (χ0v) is 17.5. The van der Waals surface area contributed by atoms with Gasteiger partial charge in [-0.15, -0.1) is 0 Å². The molecule has 3 nitrogen and oxygen atoms in total. The number of hydrogen-bond donors (Lipinski definition) is 1. The average molecular weight is 416 g/mol. The van der Waals surface area contributed by atoms with E-state index in [9.17, 15) is 9.50 Å². The number of quaternary nitrogens is 1. The molecule has 3 aromatic carbocycles. The van der Waals surface area contributed by atoms with Crippen molar-refractivity contribution in [3.63, 3.8) is 0 Å². The Kier molecular flexibility index (Phi) is 8.21. The van der Waals surface area contributed by atoms with Gasteiger partial charge in [-0.1, -0.05) is 54.6 Å². The first kappa shape index (κ1) is 22.9. The maximum Gasteiger partial charge on any atom is 0.137 e. The van der Waals surface area contributed by atoms with E-state index < -0.39 is 6.10 Å². The first-order valence-electron chi connectivity index (χ1n) is 9.44. The number of benzene rings is 3.